The van der Waals surface area contributed by atoms with Crippen LogP contribution in [0.1, 0.15) is 65.9 Å². The van der Waals surface area contributed by atoms with Crippen LogP contribution >= 0.6 is 11.8 Å². The summed E-state index contributed by atoms with van der Waals surface area (Å²) in [5.41, 5.74) is 5.85. The fourth-order valence-corrected chi connectivity index (χ4v) is 8.04. The maximum absolute atomic E-state index is 13.6. The highest BCUT2D eigenvalue weighted by Crippen LogP contribution is 2.48. The van der Waals surface area contributed by atoms with E-state index >= 15 is 0 Å². The number of alkyl carbamates (subject to hydrolysis) is 1. The molecule has 0 aromatic heterocycles. The van der Waals surface area contributed by atoms with Crippen LogP contribution in [0.15, 0.2) is 109 Å². The van der Waals surface area contributed by atoms with Crippen LogP contribution in [-0.2, 0) is 9.48 Å². The van der Waals surface area contributed by atoms with Crippen molar-refractivity contribution in [1.29, 1.82) is 0 Å². The van der Waals surface area contributed by atoms with E-state index in [1.165, 1.54) is 16.7 Å². The number of rotatable bonds is 10. The average molecular weight is 664 g/mol. The van der Waals surface area contributed by atoms with Gasteiger partial charge in [0.05, 0.1) is 10.8 Å². The van der Waals surface area contributed by atoms with E-state index in [-0.39, 0.29) is 18.0 Å². The van der Waals surface area contributed by atoms with Gasteiger partial charge < -0.3 is 15.0 Å². The molecule has 1 fully saturated rings. The van der Waals surface area contributed by atoms with Crippen molar-refractivity contribution in [2.45, 2.75) is 64.0 Å². The molecule has 1 saturated heterocycles. The quantitative estimate of drug-likeness (QED) is 0.174. The Balaban J connectivity index is 1.42. The van der Waals surface area contributed by atoms with E-state index in [1.54, 1.807) is 0 Å². The first-order valence-corrected chi connectivity index (χ1v) is 17.9. The molecule has 2 amide bonds. The Kier molecular flexibility index (Phi) is 11.3. The number of amides is 2. The van der Waals surface area contributed by atoms with Gasteiger partial charge in [0, 0.05) is 43.5 Å². The molecule has 7 heteroatoms. The molecule has 5 rings (SSSR count). The summed E-state index contributed by atoms with van der Waals surface area (Å²) in [7, 11) is 0. The second kappa shape index (κ2) is 15.4. The van der Waals surface area contributed by atoms with Gasteiger partial charge in [0.25, 0.3) is 5.91 Å². The molecule has 0 radical (unpaired) electrons. The first kappa shape index (κ1) is 35.2. The predicted octanol–water partition coefficient (Wildman–Crippen LogP) is 8.07. The minimum atomic E-state index is -0.614. The Morgan fingerprint density at radius 3 is 1.85 bits per heavy atom. The lowest BCUT2D eigenvalue weighted by Gasteiger charge is -2.42. The van der Waals surface area contributed by atoms with Crippen LogP contribution < -0.4 is 5.32 Å². The minimum Gasteiger partial charge on any atom is -0.444 e. The number of ether oxygens (including phenoxy) is 1. The van der Waals surface area contributed by atoms with E-state index in [0.29, 0.717) is 25.4 Å². The molecule has 0 spiro atoms. The van der Waals surface area contributed by atoms with E-state index in [1.807, 2.05) is 87.7 Å². The molecule has 0 saturated carbocycles. The summed E-state index contributed by atoms with van der Waals surface area (Å²) in [6.07, 6.45) is -0.422. The molecule has 0 unspecified atom stereocenters. The lowest BCUT2D eigenvalue weighted by atomic mass is 9.84. The Labute approximate surface area is 290 Å². The highest BCUT2D eigenvalue weighted by atomic mass is 32.2. The summed E-state index contributed by atoms with van der Waals surface area (Å²) in [6.45, 7) is 14.5. The molecule has 1 heterocycles. The third-order valence-electron chi connectivity index (χ3n) is 9.11. The fraction of sp³-hybridized carbons (Fsp3) is 0.366. The van der Waals surface area contributed by atoms with Gasteiger partial charge in [-0.15, -0.1) is 11.8 Å². The van der Waals surface area contributed by atoms with Gasteiger partial charge in [-0.25, -0.2) is 4.79 Å². The van der Waals surface area contributed by atoms with Gasteiger partial charge in [0.2, 0.25) is 0 Å². The number of hydrogen-bond donors (Lipinski definition) is 1. The molecule has 1 aliphatic rings. The molecule has 48 heavy (non-hydrogen) atoms. The number of thioether (sulfide) groups is 1. The molecular weight excluding hydrogens is 615 g/mol. The van der Waals surface area contributed by atoms with E-state index < -0.39 is 16.4 Å². The van der Waals surface area contributed by atoms with Crippen LogP contribution in [0.3, 0.4) is 0 Å². The number of carbonyl (C=O) groups is 2. The number of aryl methyl sites for hydroxylation is 1. The van der Waals surface area contributed by atoms with Gasteiger partial charge in [0.1, 0.15) is 5.60 Å². The molecule has 0 bridgehead atoms. The molecule has 4 aromatic rings. The maximum Gasteiger partial charge on any atom is 0.407 e. The third kappa shape index (κ3) is 8.31. The highest BCUT2D eigenvalue weighted by Gasteiger charge is 2.39. The molecule has 1 N–H and O–H groups in total. The van der Waals surface area contributed by atoms with Crippen molar-refractivity contribution in [3.05, 3.63) is 143 Å². The Bertz CT molecular complexity index is 1560. The van der Waals surface area contributed by atoms with Gasteiger partial charge in [0.15, 0.2) is 0 Å². The van der Waals surface area contributed by atoms with E-state index in [4.69, 9.17) is 4.74 Å². The largest absolute Gasteiger partial charge is 0.444 e. The Hall–Kier alpha value is -4.07. The smallest absolute Gasteiger partial charge is 0.407 e. The van der Waals surface area contributed by atoms with Crippen molar-refractivity contribution in [1.82, 2.24) is 15.1 Å². The van der Waals surface area contributed by atoms with Crippen LogP contribution in [0.5, 0.6) is 0 Å². The molecule has 0 aliphatic carbocycles. The zero-order chi connectivity index (χ0) is 34.3. The standard InChI is InChI=1S/C41H49N3O3S/c1-30-17-16-24-37(32(30)3)38(45)44-26-25-43(31(2)27-44)28-36(42-39(46)47-40(4,5)6)29-48-41(33-18-10-7-11-19-33,34-20-12-8-13-21-34)35-22-14-9-15-23-35/h7-24,31,36H,25-29H2,1-6H3,(H,42,46)/t31-,36+/m0/s1. The van der Waals surface area contributed by atoms with Gasteiger partial charge in [-0.2, -0.15) is 0 Å². The van der Waals surface area contributed by atoms with Gasteiger partial charge in [-0.1, -0.05) is 103 Å². The summed E-state index contributed by atoms with van der Waals surface area (Å²) >= 11 is 1.83. The van der Waals surface area contributed by atoms with Crippen LogP contribution in [0, 0.1) is 13.8 Å². The maximum atomic E-state index is 13.6. The first-order chi connectivity index (χ1) is 23.0. The second-order valence-corrected chi connectivity index (χ2v) is 15.0. The van der Waals surface area contributed by atoms with E-state index in [9.17, 15) is 9.59 Å². The van der Waals surface area contributed by atoms with Crippen molar-refractivity contribution in [2.75, 3.05) is 31.9 Å². The van der Waals surface area contributed by atoms with Crippen molar-refractivity contribution in [3.8, 4) is 0 Å². The number of benzene rings is 4. The topological polar surface area (TPSA) is 61.9 Å². The monoisotopic (exact) mass is 663 g/mol. The first-order valence-electron chi connectivity index (χ1n) is 16.9. The van der Waals surface area contributed by atoms with E-state index in [0.717, 1.165) is 23.2 Å². The van der Waals surface area contributed by atoms with Crippen LogP contribution in [0.4, 0.5) is 4.79 Å². The molecule has 6 nitrogen and oxygen atoms in total. The van der Waals surface area contributed by atoms with Gasteiger partial charge >= 0.3 is 6.09 Å². The zero-order valence-corrected chi connectivity index (χ0v) is 29.9. The number of hydrogen-bond acceptors (Lipinski definition) is 5. The number of carbonyl (C=O) groups excluding carboxylic acids is 2. The van der Waals surface area contributed by atoms with Crippen LogP contribution in [0.25, 0.3) is 0 Å². The van der Waals surface area contributed by atoms with Crippen LogP contribution in [0.2, 0.25) is 0 Å². The molecule has 1 aliphatic heterocycles. The minimum absolute atomic E-state index is 0.0834. The van der Waals surface area contributed by atoms with E-state index in [2.05, 4.69) is 89.9 Å². The summed E-state index contributed by atoms with van der Waals surface area (Å²) in [5.74, 6) is 0.715. The van der Waals surface area contributed by atoms with Crippen LogP contribution in [-0.4, -0.2) is 71.4 Å². The average Bonchev–Trinajstić information content (AvgIpc) is 3.07. The van der Waals surface area contributed by atoms with Crippen molar-refractivity contribution < 1.29 is 14.3 Å². The zero-order valence-electron chi connectivity index (χ0n) is 29.1. The Morgan fingerprint density at radius 2 is 1.35 bits per heavy atom. The lowest BCUT2D eigenvalue weighted by molar-refractivity contribution is 0.0426. The summed E-state index contributed by atoms with van der Waals surface area (Å²) in [6, 6.07) is 37.7. The van der Waals surface area contributed by atoms with Crippen molar-refractivity contribution in [3.63, 3.8) is 0 Å². The molecule has 2 atom stereocenters. The summed E-state index contributed by atoms with van der Waals surface area (Å²) in [5, 5.41) is 3.24. The summed E-state index contributed by atoms with van der Waals surface area (Å²) < 4.78 is 5.24. The SMILES string of the molecule is Cc1cccc(C(=O)N2CCN(C[C@H](CSC(c3ccccc3)(c3ccccc3)c3ccccc3)NC(=O)OC(C)(C)C)[C@@H](C)C2)c1C. The third-order valence-corrected chi connectivity index (χ3v) is 10.8. The van der Waals surface area contributed by atoms with Crippen molar-refractivity contribution in [2.24, 2.45) is 0 Å². The second-order valence-electron chi connectivity index (χ2n) is 13.8. The summed E-state index contributed by atoms with van der Waals surface area (Å²) in [4.78, 5) is 31.2. The lowest BCUT2D eigenvalue weighted by Crippen LogP contribution is -2.57. The molecule has 4 aromatic carbocycles. The fourth-order valence-electron chi connectivity index (χ4n) is 6.50. The van der Waals surface area contributed by atoms with Gasteiger partial charge in [-0.3, -0.25) is 9.69 Å². The molecule has 252 valence electrons. The van der Waals surface area contributed by atoms with Gasteiger partial charge in [-0.05, 0) is 75.4 Å². The Morgan fingerprint density at radius 1 is 0.812 bits per heavy atom. The number of piperazine rings is 1. The highest BCUT2D eigenvalue weighted by molar-refractivity contribution is 8.00. The predicted molar refractivity (Wildman–Crippen MR) is 198 cm³/mol. The number of nitrogens with one attached hydrogen (secondary N) is 1. The van der Waals surface area contributed by atoms with Crippen molar-refractivity contribution >= 4 is 23.8 Å². The molecular formula is C41H49N3O3S. The normalized spacial score (nSPS) is 16.3. The number of nitrogens with zero attached hydrogens (tertiary/aromatic N) is 2.